The molecule has 0 atom stereocenters. The predicted octanol–water partition coefficient (Wildman–Crippen LogP) is 17.0. The summed E-state index contributed by atoms with van der Waals surface area (Å²) in [5.41, 5.74) is 16.8. The molecule has 12 rings (SSSR count). The zero-order chi connectivity index (χ0) is 41.7. The summed E-state index contributed by atoms with van der Waals surface area (Å²) in [6.45, 7) is 0. The molecule has 0 N–H and O–H groups in total. The van der Waals surface area contributed by atoms with Crippen LogP contribution >= 0.6 is 0 Å². The van der Waals surface area contributed by atoms with Gasteiger partial charge in [0.2, 0.25) is 0 Å². The third-order valence-corrected chi connectivity index (χ3v) is 12.8. The minimum absolute atomic E-state index is 0.854. The molecule has 11 aromatic rings. The molecule has 0 saturated heterocycles. The van der Waals surface area contributed by atoms with Crippen molar-refractivity contribution in [2.45, 2.75) is 6.42 Å². The van der Waals surface area contributed by atoms with E-state index in [1.165, 1.54) is 76.8 Å². The molecule has 0 saturated carbocycles. The van der Waals surface area contributed by atoms with Crippen LogP contribution in [0, 0.1) is 0 Å². The topological polar surface area (TPSA) is 6.48 Å². The largest absolute Gasteiger partial charge is 0.310 e. The lowest BCUT2D eigenvalue weighted by Crippen LogP contribution is -2.10. The maximum absolute atomic E-state index is 2.42. The van der Waals surface area contributed by atoms with Crippen molar-refractivity contribution in [3.8, 4) is 33.4 Å². The van der Waals surface area contributed by atoms with Crippen molar-refractivity contribution in [1.29, 1.82) is 0 Å². The number of para-hydroxylation sites is 4. The Balaban J connectivity index is 1.05. The van der Waals surface area contributed by atoms with E-state index >= 15 is 0 Å². The van der Waals surface area contributed by atoms with Gasteiger partial charge in [-0.15, -0.1) is 0 Å². The quantitative estimate of drug-likeness (QED) is 0.141. The lowest BCUT2D eigenvalue weighted by molar-refractivity contribution is 1.24. The molecule has 0 aliphatic heterocycles. The number of benzene rings is 11. The monoisotopic (exact) mass is 802 g/mol. The van der Waals surface area contributed by atoms with Crippen LogP contribution < -0.4 is 9.80 Å². The zero-order valence-electron chi connectivity index (χ0n) is 34.7. The fourth-order valence-electron chi connectivity index (χ4n) is 9.93. The van der Waals surface area contributed by atoms with Gasteiger partial charge in [-0.2, -0.15) is 0 Å². The summed E-state index contributed by atoms with van der Waals surface area (Å²) in [4.78, 5) is 4.76. The van der Waals surface area contributed by atoms with Gasteiger partial charge in [0.1, 0.15) is 0 Å². The van der Waals surface area contributed by atoms with Crippen LogP contribution in [0.15, 0.2) is 243 Å². The van der Waals surface area contributed by atoms with Gasteiger partial charge in [0, 0.05) is 34.1 Å². The Kier molecular flexibility index (Phi) is 8.93. The summed E-state index contributed by atoms with van der Waals surface area (Å²) in [5, 5.41) is 7.73. The van der Waals surface area contributed by atoms with Gasteiger partial charge >= 0.3 is 0 Å². The van der Waals surface area contributed by atoms with Gasteiger partial charge in [-0.25, -0.2) is 0 Å². The van der Waals surface area contributed by atoms with Gasteiger partial charge in [-0.1, -0.05) is 158 Å². The molecule has 0 bridgehead atoms. The third-order valence-electron chi connectivity index (χ3n) is 12.8. The van der Waals surface area contributed by atoms with E-state index in [-0.39, 0.29) is 0 Å². The van der Waals surface area contributed by atoms with Crippen molar-refractivity contribution in [2.24, 2.45) is 0 Å². The Morgan fingerprint density at radius 2 is 0.667 bits per heavy atom. The van der Waals surface area contributed by atoms with Crippen molar-refractivity contribution < 1.29 is 0 Å². The van der Waals surface area contributed by atoms with E-state index in [4.69, 9.17) is 0 Å². The van der Waals surface area contributed by atoms with Crippen LogP contribution in [-0.2, 0) is 6.42 Å². The van der Waals surface area contributed by atoms with Crippen LogP contribution in [0.25, 0.3) is 65.7 Å². The van der Waals surface area contributed by atoms with Crippen molar-refractivity contribution in [1.82, 2.24) is 0 Å². The molecule has 0 unspecified atom stereocenters. The summed E-state index contributed by atoms with van der Waals surface area (Å²) in [6.07, 6.45) is 0.854. The lowest BCUT2D eigenvalue weighted by atomic mass is 9.90. The molecule has 0 aromatic heterocycles. The highest BCUT2D eigenvalue weighted by Gasteiger charge is 2.27. The van der Waals surface area contributed by atoms with Crippen LogP contribution in [-0.4, -0.2) is 0 Å². The van der Waals surface area contributed by atoms with Crippen molar-refractivity contribution in [3.05, 3.63) is 254 Å². The lowest BCUT2D eigenvalue weighted by Gasteiger charge is -2.27. The number of hydrogen-bond donors (Lipinski definition) is 0. The van der Waals surface area contributed by atoms with E-state index in [9.17, 15) is 0 Å². The second-order valence-corrected chi connectivity index (χ2v) is 16.5. The van der Waals surface area contributed by atoms with Gasteiger partial charge in [-0.3, -0.25) is 0 Å². The van der Waals surface area contributed by atoms with E-state index in [0.717, 1.165) is 40.5 Å². The first-order valence-electron chi connectivity index (χ1n) is 21.8. The molecule has 63 heavy (non-hydrogen) atoms. The predicted molar refractivity (Wildman–Crippen MR) is 267 cm³/mol. The van der Waals surface area contributed by atoms with Gasteiger partial charge in [-0.05, 0) is 168 Å². The fraction of sp³-hybridized carbons (Fsp3) is 0.0164. The van der Waals surface area contributed by atoms with Crippen LogP contribution in [0.1, 0.15) is 11.1 Å². The smallest absolute Gasteiger partial charge is 0.0474 e. The molecular formula is C61H42N2. The number of hydrogen-bond acceptors (Lipinski definition) is 2. The summed E-state index contributed by atoms with van der Waals surface area (Å²) in [5.74, 6) is 0. The standard InChI is InChI=1S/C61H42N2/c1-5-20-46(21-6-1)62(47-22-7-2-8-23-47)50-34-32-45-38-60-58(40-51(41-61(60)57(45)39-50)63(48-24-9-3-10-25-48)49-26-11-4-12-27-49)44-19-17-18-42(36-44)43-33-35-56-54-30-14-13-28-52(54)53-29-15-16-31-55(53)59(56)37-43/h1-37,39-41H,38H2. The molecule has 0 radical (unpaired) electrons. The number of anilines is 6. The molecule has 0 fully saturated rings. The first-order chi connectivity index (χ1) is 31.2. The second-order valence-electron chi connectivity index (χ2n) is 16.5. The maximum atomic E-state index is 2.42. The Morgan fingerprint density at radius 1 is 0.238 bits per heavy atom. The van der Waals surface area contributed by atoms with Crippen LogP contribution in [0.2, 0.25) is 0 Å². The summed E-state index contributed by atoms with van der Waals surface area (Å²) in [7, 11) is 0. The molecule has 1 aliphatic rings. The minimum Gasteiger partial charge on any atom is -0.310 e. The summed E-state index contributed by atoms with van der Waals surface area (Å²) in [6, 6.07) is 88.7. The number of fused-ring (bicyclic) bond motifs is 9. The minimum atomic E-state index is 0.854. The average Bonchev–Trinajstić information content (AvgIpc) is 3.73. The highest BCUT2D eigenvalue weighted by atomic mass is 15.1. The van der Waals surface area contributed by atoms with Crippen LogP contribution in [0.4, 0.5) is 34.1 Å². The van der Waals surface area contributed by atoms with E-state index in [2.05, 4.69) is 252 Å². The maximum Gasteiger partial charge on any atom is 0.0474 e. The van der Waals surface area contributed by atoms with Crippen LogP contribution in [0.3, 0.4) is 0 Å². The molecule has 296 valence electrons. The molecule has 0 heterocycles. The highest BCUT2D eigenvalue weighted by molar-refractivity contribution is 6.25. The molecule has 1 aliphatic carbocycles. The molecule has 0 spiro atoms. The van der Waals surface area contributed by atoms with E-state index in [0.29, 0.717) is 0 Å². The van der Waals surface area contributed by atoms with Gasteiger partial charge in [0.15, 0.2) is 0 Å². The van der Waals surface area contributed by atoms with Gasteiger partial charge < -0.3 is 9.80 Å². The molecule has 2 nitrogen and oxygen atoms in total. The summed E-state index contributed by atoms with van der Waals surface area (Å²) >= 11 is 0. The number of rotatable bonds is 8. The molecule has 0 amide bonds. The summed E-state index contributed by atoms with van der Waals surface area (Å²) < 4.78 is 0. The Bertz CT molecular complexity index is 3360. The van der Waals surface area contributed by atoms with Crippen molar-refractivity contribution in [2.75, 3.05) is 9.80 Å². The zero-order valence-corrected chi connectivity index (χ0v) is 34.7. The molecule has 11 aromatic carbocycles. The SMILES string of the molecule is c1ccc(N(c2ccccc2)c2ccc3c(c2)-c2cc(N(c4ccccc4)c4ccccc4)cc(-c4cccc(-c5ccc6c7ccccc7c7ccccc7c6c5)c4)c2C3)cc1. The molecular weight excluding hydrogens is 761 g/mol. The Morgan fingerprint density at radius 3 is 1.22 bits per heavy atom. The molecule has 2 heteroatoms. The van der Waals surface area contributed by atoms with E-state index in [1.54, 1.807) is 0 Å². The van der Waals surface area contributed by atoms with Gasteiger partial charge in [0.25, 0.3) is 0 Å². The second kappa shape index (κ2) is 15.4. The third kappa shape index (κ3) is 6.43. The Hall–Kier alpha value is -8.20. The normalized spacial score (nSPS) is 11.7. The van der Waals surface area contributed by atoms with Gasteiger partial charge in [0.05, 0.1) is 0 Å². The number of nitrogens with zero attached hydrogens (tertiary/aromatic N) is 2. The van der Waals surface area contributed by atoms with Crippen LogP contribution in [0.5, 0.6) is 0 Å². The average molecular weight is 803 g/mol. The first kappa shape index (κ1) is 36.6. The highest BCUT2D eigenvalue weighted by Crippen LogP contribution is 2.49. The first-order valence-corrected chi connectivity index (χ1v) is 21.8. The van der Waals surface area contributed by atoms with E-state index in [1.807, 2.05) is 0 Å². The fourth-order valence-corrected chi connectivity index (χ4v) is 9.93. The van der Waals surface area contributed by atoms with Crippen molar-refractivity contribution >= 4 is 66.4 Å². The van der Waals surface area contributed by atoms with Crippen molar-refractivity contribution in [3.63, 3.8) is 0 Å². The van der Waals surface area contributed by atoms with E-state index < -0.39 is 0 Å². The Labute approximate surface area is 368 Å².